The minimum atomic E-state index is 0.942. The lowest BCUT2D eigenvalue weighted by molar-refractivity contribution is 0.739. The number of aromatic nitrogens is 2. The van der Waals surface area contributed by atoms with Crippen LogP contribution in [-0.2, 0) is 0 Å². The van der Waals surface area contributed by atoms with Crippen molar-refractivity contribution in [3.05, 3.63) is 36.5 Å². The van der Waals surface area contributed by atoms with Crippen molar-refractivity contribution in [2.75, 3.05) is 25.0 Å². The van der Waals surface area contributed by atoms with Crippen molar-refractivity contribution in [3.8, 4) is 11.3 Å². The fraction of sp³-hybridized carbons (Fsp3) is 0.308. The van der Waals surface area contributed by atoms with E-state index in [9.17, 15) is 0 Å². The predicted molar refractivity (Wildman–Crippen MR) is 71.1 cm³/mol. The Morgan fingerprint density at radius 1 is 1.12 bits per heavy atom. The van der Waals surface area contributed by atoms with Crippen molar-refractivity contribution >= 4 is 5.69 Å². The van der Waals surface area contributed by atoms with E-state index in [1.54, 1.807) is 6.20 Å². The van der Waals surface area contributed by atoms with E-state index in [-0.39, 0.29) is 0 Å². The molecular weight excluding hydrogens is 212 g/mol. The van der Waals surface area contributed by atoms with E-state index < -0.39 is 0 Å². The van der Waals surface area contributed by atoms with Gasteiger partial charge in [0.05, 0.1) is 5.69 Å². The van der Waals surface area contributed by atoms with E-state index in [2.05, 4.69) is 52.0 Å². The van der Waals surface area contributed by atoms with Gasteiger partial charge in [0.25, 0.3) is 0 Å². The summed E-state index contributed by atoms with van der Waals surface area (Å²) in [4.78, 5) is 0. The molecule has 1 aromatic heterocycles. The standard InChI is InChI=1S/C13H18N4/c1-2-14-9-10-15-12-5-3-11(4-6-12)13-7-8-16-17-13/h3-8,14-15H,2,9-10H2,1H3,(H,16,17). The fourth-order valence-corrected chi connectivity index (χ4v) is 1.66. The molecule has 0 spiro atoms. The molecule has 0 saturated heterocycles. The van der Waals surface area contributed by atoms with Gasteiger partial charge in [-0.05, 0) is 30.3 Å². The summed E-state index contributed by atoms with van der Waals surface area (Å²) in [6, 6.07) is 10.3. The Hall–Kier alpha value is -1.81. The number of likely N-dealkylation sites (N-methyl/N-ethyl adjacent to an activating group) is 1. The molecule has 1 heterocycles. The summed E-state index contributed by atoms with van der Waals surface area (Å²) in [6.07, 6.45) is 1.76. The minimum Gasteiger partial charge on any atom is -0.384 e. The van der Waals surface area contributed by atoms with Crippen LogP contribution in [0.5, 0.6) is 0 Å². The average molecular weight is 230 g/mol. The lowest BCUT2D eigenvalue weighted by atomic mass is 10.1. The SMILES string of the molecule is CCNCCNc1ccc(-c2ccn[nH]2)cc1. The molecular formula is C13H18N4. The number of rotatable bonds is 6. The zero-order valence-corrected chi connectivity index (χ0v) is 10.0. The minimum absolute atomic E-state index is 0.942. The maximum Gasteiger partial charge on any atom is 0.0650 e. The summed E-state index contributed by atoms with van der Waals surface area (Å²) >= 11 is 0. The summed E-state index contributed by atoms with van der Waals surface area (Å²) in [5.41, 5.74) is 3.34. The first kappa shape index (κ1) is 11.7. The van der Waals surface area contributed by atoms with Gasteiger partial charge in [-0.15, -0.1) is 0 Å². The zero-order chi connectivity index (χ0) is 11.9. The molecule has 0 aliphatic rings. The first-order chi connectivity index (χ1) is 8.40. The van der Waals surface area contributed by atoms with Crippen LogP contribution in [0.3, 0.4) is 0 Å². The predicted octanol–water partition coefficient (Wildman–Crippen LogP) is 2.10. The van der Waals surface area contributed by atoms with Gasteiger partial charge in [0.2, 0.25) is 0 Å². The van der Waals surface area contributed by atoms with Crippen molar-refractivity contribution in [3.63, 3.8) is 0 Å². The summed E-state index contributed by atoms with van der Waals surface area (Å²) in [5, 5.41) is 13.5. The third-order valence-electron chi connectivity index (χ3n) is 2.58. The van der Waals surface area contributed by atoms with Crippen molar-refractivity contribution < 1.29 is 0 Å². The molecule has 1 aromatic carbocycles. The lowest BCUT2D eigenvalue weighted by Crippen LogP contribution is -2.21. The number of anilines is 1. The van der Waals surface area contributed by atoms with Crippen LogP contribution < -0.4 is 10.6 Å². The third kappa shape index (κ3) is 3.32. The Labute approximate surface area is 101 Å². The fourth-order valence-electron chi connectivity index (χ4n) is 1.66. The molecule has 0 saturated carbocycles. The monoisotopic (exact) mass is 230 g/mol. The van der Waals surface area contributed by atoms with Crippen LogP contribution in [0.4, 0.5) is 5.69 Å². The van der Waals surface area contributed by atoms with Gasteiger partial charge < -0.3 is 10.6 Å². The van der Waals surface area contributed by atoms with E-state index in [0.717, 1.165) is 36.6 Å². The molecule has 0 radical (unpaired) electrons. The highest BCUT2D eigenvalue weighted by molar-refractivity contribution is 5.62. The van der Waals surface area contributed by atoms with Gasteiger partial charge >= 0.3 is 0 Å². The van der Waals surface area contributed by atoms with Crippen LogP contribution in [0.2, 0.25) is 0 Å². The van der Waals surface area contributed by atoms with E-state index in [0.29, 0.717) is 0 Å². The second-order valence-electron chi connectivity index (χ2n) is 3.83. The molecule has 0 unspecified atom stereocenters. The zero-order valence-electron chi connectivity index (χ0n) is 10.0. The van der Waals surface area contributed by atoms with Crippen LogP contribution in [0, 0.1) is 0 Å². The van der Waals surface area contributed by atoms with Crippen molar-refractivity contribution in [1.29, 1.82) is 0 Å². The molecule has 0 aliphatic heterocycles. The number of hydrogen-bond donors (Lipinski definition) is 3. The summed E-state index contributed by atoms with van der Waals surface area (Å²) < 4.78 is 0. The Morgan fingerprint density at radius 3 is 2.59 bits per heavy atom. The summed E-state index contributed by atoms with van der Waals surface area (Å²) in [7, 11) is 0. The van der Waals surface area contributed by atoms with Gasteiger partial charge in [-0.25, -0.2) is 0 Å². The number of benzene rings is 1. The molecule has 0 atom stereocenters. The molecule has 17 heavy (non-hydrogen) atoms. The Morgan fingerprint density at radius 2 is 1.94 bits per heavy atom. The van der Waals surface area contributed by atoms with Gasteiger partial charge in [0.15, 0.2) is 0 Å². The lowest BCUT2D eigenvalue weighted by Gasteiger charge is -2.07. The number of H-pyrrole nitrogens is 1. The Balaban J connectivity index is 1.90. The van der Waals surface area contributed by atoms with Crippen molar-refractivity contribution in [1.82, 2.24) is 15.5 Å². The smallest absolute Gasteiger partial charge is 0.0650 e. The molecule has 0 amide bonds. The number of hydrogen-bond acceptors (Lipinski definition) is 3. The maximum absolute atomic E-state index is 3.94. The summed E-state index contributed by atoms with van der Waals surface area (Å²) in [5.74, 6) is 0. The molecule has 90 valence electrons. The first-order valence-corrected chi connectivity index (χ1v) is 5.94. The van der Waals surface area contributed by atoms with Gasteiger partial charge in [0, 0.05) is 25.0 Å². The largest absolute Gasteiger partial charge is 0.384 e. The third-order valence-corrected chi connectivity index (χ3v) is 2.58. The highest BCUT2D eigenvalue weighted by Crippen LogP contribution is 2.18. The van der Waals surface area contributed by atoms with Crippen molar-refractivity contribution in [2.45, 2.75) is 6.92 Å². The summed E-state index contributed by atoms with van der Waals surface area (Å²) in [6.45, 7) is 5.05. The van der Waals surface area contributed by atoms with Crippen LogP contribution in [0.15, 0.2) is 36.5 Å². The van der Waals surface area contributed by atoms with E-state index >= 15 is 0 Å². The van der Waals surface area contributed by atoms with Crippen LogP contribution in [0.1, 0.15) is 6.92 Å². The maximum atomic E-state index is 3.94. The second kappa shape index (κ2) is 6.06. The second-order valence-corrected chi connectivity index (χ2v) is 3.83. The van der Waals surface area contributed by atoms with Gasteiger partial charge in [0.1, 0.15) is 0 Å². The van der Waals surface area contributed by atoms with Crippen LogP contribution in [-0.4, -0.2) is 29.8 Å². The van der Waals surface area contributed by atoms with E-state index in [1.165, 1.54) is 0 Å². The van der Waals surface area contributed by atoms with Gasteiger partial charge in [-0.3, -0.25) is 5.10 Å². The Kier molecular flexibility index (Phi) is 4.16. The molecule has 4 nitrogen and oxygen atoms in total. The number of nitrogens with zero attached hydrogens (tertiary/aromatic N) is 1. The molecule has 3 N–H and O–H groups in total. The molecule has 0 bridgehead atoms. The van der Waals surface area contributed by atoms with Crippen LogP contribution >= 0.6 is 0 Å². The topological polar surface area (TPSA) is 52.7 Å². The molecule has 2 rings (SSSR count). The molecule has 0 fully saturated rings. The van der Waals surface area contributed by atoms with E-state index in [4.69, 9.17) is 0 Å². The highest BCUT2D eigenvalue weighted by Gasteiger charge is 1.98. The van der Waals surface area contributed by atoms with Gasteiger partial charge in [-0.2, -0.15) is 5.10 Å². The van der Waals surface area contributed by atoms with Crippen molar-refractivity contribution in [2.24, 2.45) is 0 Å². The normalized spacial score (nSPS) is 10.4. The number of nitrogens with one attached hydrogen (secondary N) is 3. The van der Waals surface area contributed by atoms with Gasteiger partial charge in [-0.1, -0.05) is 19.1 Å². The van der Waals surface area contributed by atoms with Crippen LogP contribution in [0.25, 0.3) is 11.3 Å². The number of aromatic amines is 1. The van der Waals surface area contributed by atoms with E-state index in [1.807, 2.05) is 6.07 Å². The Bertz CT molecular complexity index is 419. The quantitative estimate of drug-likeness (QED) is 0.666. The first-order valence-electron chi connectivity index (χ1n) is 5.94. The highest BCUT2D eigenvalue weighted by atomic mass is 15.1. The average Bonchev–Trinajstić information content (AvgIpc) is 2.89. The molecule has 4 heteroatoms. The molecule has 0 aliphatic carbocycles. The molecule has 2 aromatic rings.